The molecule has 0 fully saturated rings. The van der Waals surface area contributed by atoms with Gasteiger partial charge in [-0.15, -0.1) is 0 Å². The minimum absolute atomic E-state index is 0.115. The monoisotopic (exact) mass is 316 g/mol. The molecule has 1 unspecified atom stereocenters. The maximum atomic E-state index is 12.5. The fourth-order valence-electron chi connectivity index (χ4n) is 3.19. The largest absolute Gasteiger partial charge is 0.466 e. The number of ether oxygens (including phenoxy) is 1. The normalized spacial score (nSPS) is 12.5. The molecule has 0 amide bonds. The van der Waals surface area contributed by atoms with Gasteiger partial charge in [0, 0.05) is 17.3 Å². The average Bonchev–Trinajstić information content (AvgIpc) is 2.87. The van der Waals surface area contributed by atoms with Crippen LogP contribution >= 0.6 is 0 Å². The highest BCUT2D eigenvalue weighted by atomic mass is 16.5. The van der Waals surface area contributed by atoms with Crippen LogP contribution in [-0.2, 0) is 9.53 Å². The molecule has 0 spiro atoms. The van der Waals surface area contributed by atoms with E-state index in [0.29, 0.717) is 6.61 Å². The van der Waals surface area contributed by atoms with E-state index in [2.05, 4.69) is 16.9 Å². The standard InChI is InChI=1S/C19H28N2O2/c1-4-6-7-8-9-11-16(19(22)23-5-2)17-14(3)21-18-15(17)12-10-13-20-18/h10,12-13,16H,4-9,11H2,1-3H3,(H,20,21). The van der Waals surface area contributed by atoms with Crippen molar-refractivity contribution >= 4 is 17.0 Å². The van der Waals surface area contributed by atoms with Gasteiger partial charge in [0.25, 0.3) is 0 Å². The number of unbranched alkanes of at least 4 members (excludes halogenated alkanes) is 4. The van der Waals surface area contributed by atoms with Crippen LogP contribution in [0, 0.1) is 6.92 Å². The van der Waals surface area contributed by atoms with Crippen molar-refractivity contribution in [2.45, 2.75) is 65.2 Å². The van der Waals surface area contributed by atoms with Crippen molar-refractivity contribution in [2.24, 2.45) is 0 Å². The quantitative estimate of drug-likeness (QED) is 0.530. The number of fused-ring (bicyclic) bond motifs is 1. The molecule has 0 saturated heterocycles. The molecule has 2 heterocycles. The topological polar surface area (TPSA) is 55.0 Å². The van der Waals surface area contributed by atoms with Crippen molar-refractivity contribution in [2.75, 3.05) is 6.61 Å². The van der Waals surface area contributed by atoms with Gasteiger partial charge in [0.2, 0.25) is 0 Å². The summed E-state index contributed by atoms with van der Waals surface area (Å²) in [6.07, 6.45) is 8.56. The molecule has 0 aliphatic heterocycles. The van der Waals surface area contributed by atoms with Crippen LogP contribution in [0.5, 0.6) is 0 Å². The second-order valence-electron chi connectivity index (χ2n) is 6.07. The van der Waals surface area contributed by atoms with Crippen molar-refractivity contribution in [1.29, 1.82) is 0 Å². The number of rotatable bonds is 9. The number of aromatic nitrogens is 2. The first-order valence-electron chi connectivity index (χ1n) is 8.78. The van der Waals surface area contributed by atoms with Crippen LogP contribution < -0.4 is 0 Å². The van der Waals surface area contributed by atoms with Crippen LogP contribution in [0.4, 0.5) is 0 Å². The zero-order chi connectivity index (χ0) is 16.7. The third-order valence-corrected chi connectivity index (χ3v) is 4.32. The van der Waals surface area contributed by atoms with E-state index in [-0.39, 0.29) is 11.9 Å². The van der Waals surface area contributed by atoms with Crippen LogP contribution in [0.25, 0.3) is 11.0 Å². The van der Waals surface area contributed by atoms with E-state index >= 15 is 0 Å². The van der Waals surface area contributed by atoms with Gasteiger partial charge >= 0.3 is 5.97 Å². The molecule has 4 nitrogen and oxygen atoms in total. The predicted molar refractivity (Wildman–Crippen MR) is 93.6 cm³/mol. The zero-order valence-electron chi connectivity index (χ0n) is 14.5. The summed E-state index contributed by atoms with van der Waals surface area (Å²) in [7, 11) is 0. The molecule has 0 aliphatic carbocycles. The molecule has 0 saturated carbocycles. The summed E-state index contributed by atoms with van der Waals surface area (Å²) in [6, 6.07) is 3.95. The third kappa shape index (κ3) is 4.34. The number of aromatic amines is 1. The van der Waals surface area contributed by atoms with Gasteiger partial charge in [0.1, 0.15) is 5.65 Å². The highest BCUT2D eigenvalue weighted by Crippen LogP contribution is 2.32. The number of H-pyrrole nitrogens is 1. The summed E-state index contributed by atoms with van der Waals surface area (Å²) in [5, 5.41) is 1.04. The number of nitrogens with zero attached hydrogens (tertiary/aromatic N) is 1. The van der Waals surface area contributed by atoms with E-state index < -0.39 is 0 Å². The van der Waals surface area contributed by atoms with E-state index in [1.54, 1.807) is 6.20 Å². The minimum Gasteiger partial charge on any atom is -0.466 e. The summed E-state index contributed by atoms with van der Waals surface area (Å²) in [5.74, 6) is -0.314. The molecule has 1 atom stereocenters. The second kappa shape index (κ2) is 8.70. The Kier molecular flexibility index (Phi) is 6.63. The van der Waals surface area contributed by atoms with Crippen molar-refractivity contribution in [3.05, 3.63) is 29.6 Å². The van der Waals surface area contributed by atoms with Crippen molar-refractivity contribution in [3.63, 3.8) is 0 Å². The molecule has 2 aromatic heterocycles. The van der Waals surface area contributed by atoms with E-state index in [0.717, 1.165) is 35.1 Å². The lowest BCUT2D eigenvalue weighted by atomic mass is 9.91. The summed E-state index contributed by atoms with van der Waals surface area (Å²) in [4.78, 5) is 20.2. The summed E-state index contributed by atoms with van der Waals surface area (Å²) in [6.45, 7) is 6.51. The molecule has 0 aliphatic rings. The molecule has 4 heteroatoms. The van der Waals surface area contributed by atoms with E-state index in [4.69, 9.17) is 4.74 Å². The number of pyridine rings is 1. The Morgan fingerprint density at radius 3 is 2.78 bits per heavy atom. The Labute approximate surface area is 138 Å². The number of nitrogens with one attached hydrogen (secondary N) is 1. The van der Waals surface area contributed by atoms with Crippen LogP contribution in [-0.4, -0.2) is 22.5 Å². The van der Waals surface area contributed by atoms with Gasteiger partial charge in [-0.1, -0.05) is 39.0 Å². The molecule has 0 radical (unpaired) electrons. The van der Waals surface area contributed by atoms with Crippen LogP contribution in [0.15, 0.2) is 18.3 Å². The van der Waals surface area contributed by atoms with Gasteiger partial charge in [-0.05, 0) is 38.0 Å². The fraction of sp³-hybridized carbons (Fsp3) is 0.579. The van der Waals surface area contributed by atoms with Gasteiger partial charge in [-0.2, -0.15) is 0 Å². The number of carbonyl (C=O) groups excluding carboxylic acids is 1. The Morgan fingerprint density at radius 2 is 2.04 bits per heavy atom. The first-order valence-corrected chi connectivity index (χ1v) is 8.78. The SMILES string of the molecule is CCCCCCCC(C(=O)OCC)c1c(C)[nH]c2ncccc12. The molecule has 0 bridgehead atoms. The van der Waals surface area contributed by atoms with Gasteiger partial charge in [0.05, 0.1) is 12.5 Å². The lowest BCUT2D eigenvalue weighted by molar-refractivity contribution is -0.145. The Bertz CT molecular complexity index is 633. The number of aryl methyl sites for hydroxylation is 1. The number of hydrogen-bond acceptors (Lipinski definition) is 3. The molecular formula is C19H28N2O2. The maximum Gasteiger partial charge on any atom is 0.313 e. The number of esters is 1. The van der Waals surface area contributed by atoms with Gasteiger partial charge in [0.15, 0.2) is 0 Å². The summed E-state index contributed by atoms with van der Waals surface area (Å²) >= 11 is 0. The first-order chi connectivity index (χ1) is 11.2. The number of carbonyl (C=O) groups is 1. The lowest BCUT2D eigenvalue weighted by Gasteiger charge is -2.16. The fourth-order valence-corrected chi connectivity index (χ4v) is 3.19. The zero-order valence-corrected chi connectivity index (χ0v) is 14.5. The van der Waals surface area contributed by atoms with Crippen molar-refractivity contribution in [1.82, 2.24) is 9.97 Å². The van der Waals surface area contributed by atoms with E-state index in [1.807, 2.05) is 26.0 Å². The van der Waals surface area contributed by atoms with Gasteiger partial charge in [-0.3, -0.25) is 4.79 Å². The summed E-state index contributed by atoms with van der Waals surface area (Å²) in [5.41, 5.74) is 2.92. The van der Waals surface area contributed by atoms with Crippen molar-refractivity contribution < 1.29 is 9.53 Å². The third-order valence-electron chi connectivity index (χ3n) is 4.32. The molecule has 2 rings (SSSR count). The summed E-state index contributed by atoms with van der Waals surface area (Å²) < 4.78 is 5.34. The van der Waals surface area contributed by atoms with Gasteiger partial charge < -0.3 is 9.72 Å². The lowest BCUT2D eigenvalue weighted by Crippen LogP contribution is -2.17. The molecule has 23 heavy (non-hydrogen) atoms. The Balaban J connectivity index is 2.21. The Hall–Kier alpha value is -1.84. The highest BCUT2D eigenvalue weighted by Gasteiger charge is 2.26. The molecular weight excluding hydrogens is 288 g/mol. The van der Waals surface area contributed by atoms with E-state index in [9.17, 15) is 4.79 Å². The molecule has 126 valence electrons. The van der Waals surface area contributed by atoms with Gasteiger partial charge in [-0.25, -0.2) is 4.98 Å². The Morgan fingerprint density at radius 1 is 1.26 bits per heavy atom. The van der Waals surface area contributed by atoms with Crippen LogP contribution in [0.3, 0.4) is 0 Å². The number of hydrogen-bond donors (Lipinski definition) is 1. The van der Waals surface area contributed by atoms with Crippen LogP contribution in [0.1, 0.15) is 69.5 Å². The second-order valence-corrected chi connectivity index (χ2v) is 6.07. The van der Waals surface area contributed by atoms with Crippen LogP contribution in [0.2, 0.25) is 0 Å². The predicted octanol–water partition coefficient (Wildman–Crippen LogP) is 4.88. The first kappa shape index (κ1) is 17.5. The minimum atomic E-state index is -0.200. The van der Waals surface area contributed by atoms with Crippen molar-refractivity contribution in [3.8, 4) is 0 Å². The molecule has 0 aromatic carbocycles. The van der Waals surface area contributed by atoms with E-state index in [1.165, 1.54) is 25.7 Å². The molecule has 1 N–H and O–H groups in total. The molecule has 2 aromatic rings. The maximum absolute atomic E-state index is 12.5. The smallest absolute Gasteiger partial charge is 0.313 e. The average molecular weight is 316 g/mol. The highest BCUT2D eigenvalue weighted by molar-refractivity contribution is 5.89.